The van der Waals surface area contributed by atoms with E-state index in [1.807, 2.05) is 0 Å². The van der Waals surface area contributed by atoms with Crippen molar-refractivity contribution in [1.82, 2.24) is 25.1 Å². The van der Waals surface area contributed by atoms with Gasteiger partial charge in [-0.05, 0) is 12.8 Å². The standard InChI is InChI=1S/C14H20N6O2/c1-10(22)18-11-3-2-4-19(8-11)13-12-7-17-20(5-6-21)14(12)16-9-15-13/h7,9,11,21H,2-6,8H2,1H3,(H,18,22)/t11-/m0/s1. The van der Waals surface area contributed by atoms with Crippen LogP contribution in [0.15, 0.2) is 12.5 Å². The van der Waals surface area contributed by atoms with Gasteiger partial charge in [-0.3, -0.25) is 4.79 Å². The van der Waals surface area contributed by atoms with Crippen LogP contribution in [0.2, 0.25) is 0 Å². The van der Waals surface area contributed by atoms with Crippen LogP contribution in [0.4, 0.5) is 5.82 Å². The number of rotatable bonds is 4. The van der Waals surface area contributed by atoms with Crippen molar-refractivity contribution in [3.63, 3.8) is 0 Å². The third kappa shape index (κ3) is 2.87. The Morgan fingerprint density at radius 1 is 1.50 bits per heavy atom. The van der Waals surface area contributed by atoms with Gasteiger partial charge in [0.1, 0.15) is 12.1 Å². The highest BCUT2D eigenvalue weighted by molar-refractivity contribution is 5.86. The monoisotopic (exact) mass is 304 g/mol. The summed E-state index contributed by atoms with van der Waals surface area (Å²) in [5.74, 6) is 0.833. The highest BCUT2D eigenvalue weighted by Gasteiger charge is 2.23. The Balaban J connectivity index is 1.87. The number of piperidine rings is 1. The van der Waals surface area contributed by atoms with E-state index < -0.39 is 0 Å². The van der Waals surface area contributed by atoms with Crippen LogP contribution >= 0.6 is 0 Å². The van der Waals surface area contributed by atoms with Gasteiger partial charge in [0.25, 0.3) is 0 Å². The third-order valence-corrected chi connectivity index (χ3v) is 3.85. The highest BCUT2D eigenvalue weighted by Crippen LogP contribution is 2.25. The lowest BCUT2D eigenvalue weighted by molar-refractivity contribution is -0.119. The van der Waals surface area contributed by atoms with Gasteiger partial charge in [-0.15, -0.1) is 0 Å². The van der Waals surface area contributed by atoms with Crippen LogP contribution in [0.25, 0.3) is 11.0 Å². The molecular formula is C14H20N6O2. The zero-order chi connectivity index (χ0) is 15.5. The Morgan fingerprint density at radius 3 is 3.14 bits per heavy atom. The van der Waals surface area contributed by atoms with Crippen LogP contribution in [0.1, 0.15) is 19.8 Å². The van der Waals surface area contributed by atoms with E-state index in [1.165, 1.54) is 6.33 Å². The zero-order valence-corrected chi connectivity index (χ0v) is 12.6. The molecule has 1 saturated heterocycles. The van der Waals surface area contributed by atoms with Gasteiger partial charge in [0, 0.05) is 26.1 Å². The zero-order valence-electron chi connectivity index (χ0n) is 12.6. The maximum Gasteiger partial charge on any atom is 0.217 e. The lowest BCUT2D eigenvalue weighted by atomic mass is 10.1. The fraction of sp³-hybridized carbons (Fsp3) is 0.571. The number of nitrogens with zero attached hydrogens (tertiary/aromatic N) is 5. The molecule has 0 bridgehead atoms. The minimum absolute atomic E-state index is 0.00421. The summed E-state index contributed by atoms with van der Waals surface area (Å²) in [6.45, 7) is 3.60. The van der Waals surface area contributed by atoms with Crippen molar-refractivity contribution >= 4 is 22.8 Å². The number of carbonyl (C=O) groups is 1. The first-order valence-electron chi connectivity index (χ1n) is 7.48. The minimum Gasteiger partial charge on any atom is -0.394 e. The van der Waals surface area contributed by atoms with Gasteiger partial charge in [0.05, 0.1) is 24.7 Å². The van der Waals surface area contributed by atoms with E-state index in [-0.39, 0.29) is 18.6 Å². The summed E-state index contributed by atoms with van der Waals surface area (Å²) in [5, 5.41) is 17.2. The van der Waals surface area contributed by atoms with E-state index in [0.29, 0.717) is 6.54 Å². The average Bonchev–Trinajstić information content (AvgIpc) is 2.90. The molecular weight excluding hydrogens is 284 g/mol. The number of anilines is 1. The summed E-state index contributed by atoms with van der Waals surface area (Å²) in [6.07, 6.45) is 5.24. The van der Waals surface area contributed by atoms with Crippen molar-refractivity contribution in [2.75, 3.05) is 24.6 Å². The molecule has 22 heavy (non-hydrogen) atoms. The third-order valence-electron chi connectivity index (χ3n) is 3.85. The van der Waals surface area contributed by atoms with Crippen LogP contribution in [-0.4, -0.2) is 56.5 Å². The molecule has 1 atom stereocenters. The summed E-state index contributed by atoms with van der Waals surface area (Å²) in [7, 11) is 0. The molecule has 1 fully saturated rings. The summed E-state index contributed by atoms with van der Waals surface area (Å²) >= 11 is 0. The maximum absolute atomic E-state index is 11.3. The van der Waals surface area contributed by atoms with E-state index in [9.17, 15) is 4.79 Å². The quantitative estimate of drug-likeness (QED) is 0.820. The molecule has 0 saturated carbocycles. The minimum atomic E-state index is -0.00421. The van der Waals surface area contributed by atoms with Crippen LogP contribution in [0, 0.1) is 0 Å². The molecule has 0 aliphatic carbocycles. The van der Waals surface area contributed by atoms with Gasteiger partial charge in [-0.1, -0.05) is 0 Å². The molecule has 8 heteroatoms. The molecule has 3 rings (SSSR count). The van der Waals surface area contributed by atoms with E-state index in [4.69, 9.17) is 5.11 Å². The number of hydrogen-bond acceptors (Lipinski definition) is 6. The summed E-state index contributed by atoms with van der Waals surface area (Å²) < 4.78 is 1.68. The molecule has 3 heterocycles. The van der Waals surface area contributed by atoms with Crippen LogP contribution < -0.4 is 10.2 Å². The number of fused-ring (bicyclic) bond motifs is 1. The molecule has 0 spiro atoms. The Kier molecular flexibility index (Phi) is 4.19. The van der Waals surface area contributed by atoms with E-state index in [1.54, 1.807) is 17.8 Å². The van der Waals surface area contributed by atoms with Crippen LogP contribution in [0.5, 0.6) is 0 Å². The normalized spacial score (nSPS) is 18.6. The van der Waals surface area contributed by atoms with Gasteiger partial charge in [0.2, 0.25) is 5.91 Å². The first-order valence-corrected chi connectivity index (χ1v) is 7.48. The largest absolute Gasteiger partial charge is 0.394 e. The van der Waals surface area contributed by atoms with Crippen molar-refractivity contribution in [3.8, 4) is 0 Å². The second-order valence-electron chi connectivity index (χ2n) is 5.51. The van der Waals surface area contributed by atoms with E-state index in [2.05, 4.69) is 25.3 Å². The van der Waals surface area contributed by atoms with Crippen molar-refractivity contribution in [1.29, 1.82) is 0 Å². The predicted molar refractivity (Wildman–Crippen MR) is 81.5 cm³/mol. The molecule has 118 valence electrons. The second kappa shape index (κ2) is 6.27. The van der Waals surface area contributed by atoms with Crippen molar-refractivity contribution in [2.24, 2.45) is 0 Å². The molecule has 2 aromatic heterocycles. The first kappa shape index (κ1) is 14.7. The summed E-state index contributed by atoms with van der Waals surface area (Å²) in [6, 6.07) is 0.142. The Hall–Kier alpha value is -2.22. The van der Waals surface area contributed by atoms with Gasteiger partial charge in [-0.25, -0.2) is 14.6 Å². The van der Waals surface area contributed by atoms with E-state index in [0.717, 1.165) is 42.8 Å². The highest BCUT2D eigenvalue weighted by atomic mass is 16.3. The SMILES string of the molecule is CC(=O)N[C@H]1CCCN(c2ncnc3c2cnn3CCO)C1. The number of nitrogens with one attached hydrogen (secondary N) is 1. The molecule has 0 radical (unpaired) electrons. The van der Waals surface area contributed by atoms with Gasteiger partial charge < -0.3 is 15.3 Å². The fourth-order valence-corrected chi connectivity index (χ4v) is 2.97. The van der Waals surface area contributed by atoms with Crippen molar-refractivity contribution in [3.05, 3.63) is 12.5 Å². The number of hydrogen-bond donors (Lipinski definition) is 2. The Bertz CT molecular complexity index is 670. The molecule has 8 nitrogen and oxygen atoms in total. The molecule has 1 amide bonds. The summed E-state index contributed by atoms with van der Waals surface area (Å²) in [5.41, 5.74) is 0.723. The molecule has 2 aromatic rings. The average molecular weight is 304 g/mol. The number of aromatic nitrogens is 4. The Labute approximate surface area is 128 Å². The van der Waals surface area contributed by atoms with Crippen LogP contribution in [-0.2, 0) is 11.3 Å². The maximum atomic E-state index is 11.3. The predicted octanol–water partition coefficient (Wildman–Crippen LogP) is -0.0765. The van der Waals surface area contributed by atoms with Gasteiger partial charge >= 0.3 is 0 Å². The molecule has 0 aromatic carbocycles. The Morgan fingerprint density at radius 2 is 2.36 bits per heavy atom. The van der Waals surface area contributed by atoms with Crippen LogP contribution in [0.3, 0.4) is 0 Å². The summed E-state index contributed by atoms with van der Waals surface area (Å²) in [4.78, 5) is 22.1. The molecule has 2 N–H and O–H groups in total. The molecule has 1 aliphatic heterocycles. The number of carbonyl (C=O) groups excluding carboxylic acids is 1. The number of aliphatic hydroxyl groups is 1. The molecule has 1 aliphatic rings. The number of amides is 1. The van der Waals surface area contributed by atoms with Crippen molar-refractivity contribution in [2.45, 2.75) is 32.4 Å². The van der Waals surface area contributed by atoms with Crippen molar-refractivity contribution < 1.29 is 9.90 Å². The van der Waals surface area contributed by atoms with E-state index >= 15 is 0 Å². The molecule has 0 unspecified atom stereocenters. The lowest BCUT2D eigenvalue weighted by Crippen LogP contribution is -2.47. The lowest BCUT2D eigenvalue weighted by Gasteiger charge is -2.33. The smallest absolute Gasteiger partial charge is 0.217 e. The second-order valence-corrected chi connectivity index (χ2v) is 5.51. The number of aliphatic hydroxyl groups excluding tert-OH is 1. The topological polar surface area (TPSA) is 96.2 Å². The first-order chi connectivity index (χ1) is 10.7. The van der Waals surface area contributed by atoms with Gasteiger partial charge in [0.15, 0.2) is 5.65 Å². The fourth-order valence-electron chi connectivity index (χ4n) is 2.97. The van der Waals surface area contributed by atoms with Gasteiger partial charge in [-0.2, -0.15) is 5.10 Å².